The molecule has 2 amide bonds. The maximum Gasteiger partial charge on any atom is 0.407 e. The molecule has 0 radical (unpaired) electrons. The molecule has 5 N–H and O–H groups in total. The predicted octanol–water partition coefficient (Wildman–Crippen LogP) is 7.05. The van der Waals surface area contributed by atoms with Crippen molar-refractivity contribution in [3.63, 3.8) is 0 Å². The Bertz CT molecular complexity index is 1860. The van der Waals surface area contributed by atoms with Crippen molar-refractivity contribution in [2.45, 2.75) is 108 Å². The molecule has 4 saturated carbocycles. The van der Waals surface area contributed by atoms with Crippen molar-refractivity contribution >= 4 is 12.0 Å². The van der Waals surface area contributed by atoms with Gasteiger partial charge in [-0.2, -0.15) is 5.26 Å². The largest absolute Gasteiger partial charge is 0.490 e. The van der Waals surface area contributed by atoms with Crippen molar-refractivity contribution < 1.29 is 44.2 Å². The Labute approximate surface area is 366 Å². The number of nitriles is 1. The van der Waals surface area contributed by atoms with Gasteiger partial charge in [0.15, 0.2) is 0 Å². The molecule has 324 valence electrons. The molecule has 0 atom stereocenters. The van der Waals surface area contributed by atoms with E-state index < -0.39 is 5.91 Å². The molecule has 4 fully saturated rings. The van der Waals surface area contributed by atoms with Crippen LogP contribution in [-0.2, 0) is 44.6 Å². The minimum Gasteiger partial charge on any atom is -0.490 e. The maximum atomic E-state index is 12.1. The van der Waals surface area contributed by atoms with Gasteiger partial charge in [-0.05, 0) is 170 Å². The molecular weight excluding hydrogens is 835 g/mol. The molecule has 11 nitrogen and oxygen atoms in total. The van der Waals surface area contributed by atoms with E-state index in [2.05, 4.69) is 49.4 Å². The van der Waals surface area contributed by atoms with Gasteiger partial charge in [0.25, 0.3) is 5.91 Å². The molecule has 12 heteroatoms. The van der Waals surface area contributed by atoms with Crippen LogP contribution in [0.3, 0.4) is 0 Å². The number of hydrogen-bond donors (Lipinski definition) is 3. The van der Waals surface area contributed by atoms with Crippen LogP contribution in [0.4, 0.5) is 4.79 Å². The Kier molecular flexibility index (Phi) is 17.4. The van der Waals surface area contributed by atoms with E-state index in [-0.39, 0.29) is 64.2 Å². The zero-order valence-corrected chi connectivity index (χ0v) is 37.2. The first-order valence-electron chi connectivity index (χ1n) is 20.6. The van der Waals surface area contributed by atoms with Crippen molar-refractivity contribution in [3.05, 3.63) is 102 Å². The first-order chi connectivity index (χ1) is 27.3. The number of carbonyl (C=O) groups excluding carboxylic acids is 2. The molecule has 0 aromatic heterocycles. The van der Waals surface area contributed by atoms with Gasteiger partial charge in [-0.3, -0.25) is 4.79 Å². The second-order valence-electron chi connectivity index (χ2n) is 17.7. The minimum atomic E-state index is -0.426. The van der Waals surface area contributed by atoms with Gasteiger partial charge in [-0.25, -0.2) is 4.79 Å². The molecule has 0 saturated heterocycles. The van der Waals surface area contributed by atoms with E-state index in [0.717, 1.165) is 95.7 Å². The first-order valence-corrected chi connectivity index (χ1v) is 20.6. The van der Waals surface area contributed by atoms with Crippen LogP contribution < -0.4 is 26.3 Å². The number of rotatable bonds is 16. The number of primary amides is 1. The second-order valence-corrected chi connectivity index (χ2v) is 17.7. The normalized spacial score (nSPS) is 24.6. The number of nitrogens with two attached hydrogens (primary N) is 2. The Hall–Kier alpha value is -3.97. The molecule has 4 aliphatic carbocycles. The third-order valence-electron chi connectivity index (χ3n) is 12.1. The van der Waals surface area contributed by atoms with Crippen molar-refractivity contribution in [3.8, 4) is 17.6 Å². The number of nitrogens with one attached hydrogen (secondary N) is 1. The van der Waals surface area contributed by atoms with E-state index in [1.54, 1.807) is 6.07 Å². The molecule has 3 aromatic carbocycles. The van der Waals surface area contributed by atoms with Gasteiger partial charge in [-0.1, -0.05) is 42.5 Å². The summed E-state index contributed by atoms with van der Waals surface area (Å²) in [6.07, 6.45) is 12.3. The van der Waals surface area contributed by atoms with Crippen LogP contribution in [-0.4, -0.2) is 87.4 Å². The average Bonchev–Trinajstić information content (AvgIpc) is 3.11. The van der Waals surface area contributed by atoms with E-state index in [9.17, 15) is 14.9 Å². The van der Waals surface area contributed by atoms with E-state index in [1.165, 1.54) is 11.1 Å². The summed E-state index contributed by atoms with van der Waals surface area (Å²) in [7, 11) is 8.30. The predicted molar refractivity (Wildman–Crippen MR) is 228 cm³/mol. The van der Waals surface area contributed by atoms with Crippen LogP contribution in [0.2, 0.25) is 0 Å². The van der Waals surface area contributed by atoms with Gasteiger partial charge in [0.05, 0.1) is 23.3 Å². The van der Waals surface area contributed by atoms with Gasteiger partial charge in [0, 0.05) is 32.5 Å². The number of hydrogen-bond acceptors (Lipinski definition) is 9. The van der Waals surface area contributed by atoms with Gasteiger partial charge >= 0.3 is 6.09 Å². The summed E-state index contributed by atoms with van der Waals surface area (Å²) in [6.45, 7) is 2.37. The standard InChI is InChI=1S/C27H33N3O3.C19H29N3O2.CH3.Pd/c1-30(2)12-6-9-20-10-11-22(18-28)25(13-20)33-24-16-27(17-24)14-23(15-27)29-26(31)32-19-21-7-4-3-5-8-21;1-22(2)7-3-4-13-5-6-16(18(21)23)17(8-13)24-15-11-19(12-15)9-14(20)10-19;;/h3-5,7-8,10-11,13,23-24H,6,9,12,14-17,19H2,1-2H3,(H,29,31);5-6,8,14-15H,3-4,7,9-12,20H2,1-2H3,(H2,21,23);1H3;/q;;-1;. The fourth-order valence-electron chi connectivity index (χ4n) is 9.21. The summed E-state index contributed by atoms with van der Waals surface area (Å²) < 4.78 is 17.7. The van der Waals surface area contributed by atoms with Crippen molar-refractivity contribution in [1.29, 1.82) is 5.26 Å². The smallest absolute Gasteiger partial charge is 0.407 e. The fourth-order valence-corrected chi connectivity index (χ4v) is 9.21. The quantitative estimate of drug-likeness (QED) is 0.101. The number of ether oxygens (including phenoxy) is 3. The van der Waals surface area contributed by atoms with Crippen LogP contribution in [0.15, 0.2) is 66.7 Å². The molecule has 0 bridgehead atoms. The molecule has 59 heavy (non-hydrogen) atoms. The van der Waals surface area contributed by atoms with E-state index >= 15 is 0 Å². The van der Waals surface area contributed by atoms with E-state index in [1.807, 2.05) is 60.7 Å². The third-order valence-corrected chi connectivity index (χ3v) is 12.1. The van der Waals surface area contributed by atoms with Crippen LogP contribution in [0, 0.1) is 29.6 Å². The third kappa shape index (κ3) is 13.3. The topological polar surface area (TPSA) is 156 Å². The summed E-state index contributed by atoms with van der Waals surface area (Å²) in [5.41, 5.74) is 16.6. The summed E-state index contributed by atoms with van der Waals surface area (Å²) in [5.74, 6) is 0.927. The SMILES string of the molecule is CN(C)CCCc1ccc(C#N)c(OC2CC3(CC(NC(=O)OCc4ccccc4)C3)C2)c1.CN(C)CCCc1ccc(C(N)=O)c(OC2CC3(CC(N)C3)C2)c1.[CH3-].[Pd]. The second kappa shape index (κ2) is 21.5. The minimum absolute atomic E-state index is 0. The number of amides is 2. The zero-order chi connectivity index (χ0) is 40.6. The Morgan fingerprint density at radius 2 is 1.29 bits per heavy atom. The van der Waals surface area contributed by atoms with Gasteiger partial charge in [0.1, 0.15) is 24.2 Å². The molecule has 4 aliphatic rings. The Morgan fingerprint density at radius 3 is 1.81 bits per heavy atom. The summed E-state index contributed by atoms with van der Waals surface area (Å²) >= 11 is 0. The number of benzene rings is 3. The number of alkyl carbamates (subject to hydrolysis) is 1. The van der Waals surface area contributed by atoms with Crippen LogP contribution in [0.5, 0.6) is 11.5 Å². The van der Waals surface area contributed by atoms with Crippen molar-refractivity contribution in [1.82, 2.24) is 15.1 Å². The van der Waals surface area contributed by atoms with Crippen molar-refractivity contribution in [2.75, 3.05) is 41.3 Å². The van der Waals surface area contributed by atoms with Gasteiger partial charge in [0.2, 0.25) is 0 Å². The van der Waals surface area contributed by atoms with Crippen molar-refractivity contribution in [2.24, 2.45) is 22.3 Å². The van der Waals surface area contributed by atoms with Crippen LogP contribution in [0.1, 0.15) is 96.8 Å². The number of nitrogens with zero attached hydrogens (tertiary/aromatic N) is 3. The maximum absolute atomic E-state index is 12.1. The Morgan fingerprint density at radius 1 is 0.763 bits per heavy atom. The number of carbonyl (C=O) groups is 2. The zero-order valence-electron chi connectivity index (χ0n) is 35.6. The Balaban J connectivity index is 0.000000264. The summed E-state index contributed by atoms with van der Waals surface area (Å²) in [5, 5.41) is 12.4. The average molecular weight is 900 g/mol. The molecule has 7 rings (SSSR count). The molecule has 3 aromatic rings. The molecule has 0 aliphatic heterocycles. The fraction of sp³-hybridized carbons (Fsp3) is 0.532. The van der Waals surface area contributed by atoms with Gasteiger partial charge in [-0.15, -0.1) is 0 Å². The summed E-state index contributed by atoms with van der Waals surface area (Å²) in [6, 6.07) is 24.2. The molecular formula is C47H65N6O5Pd-. The van der Waals surface area contributed by atoms with E-state index in [4.69, 9.17) is 25.7 Å². The van der Waals surface area contributed by atoms with Crippen LogP contribution in [0.25, 0.3) is 0 Å². The monoisotopic (exact) mass is 899 g/mol. The number of aryl methyl sites for hydroxylation is 2. The molecule has 0 unspecified atom stereocenters. The molecule has 0 heterocycles. The van der Waals surface area contributed by atoms with Crippen LogP contribution >= 0.6 is 0 Å². The molecule has 2 spiro atoms. The van der Waals surface area contributed by atoms with E-state index in [0.29, 0.717) is 34.1 Å². The van der Waals surface area contributed by atoms with Gasteiger partial charge < -0.3 is 48.2 Å². The summed E-state index contributed by atoms with van der Waals surface area (Å²) in [4.78, 5) is 28.1. The first kappa shape index (κ1) is 47.7.